The molecule has 0 fully saturated rings. The molecule has 0 heterocycles. The SMILES string of the molecule is CSc1c(F)cc(OCC=C(Br)Br)cc1Cl. The van der Waals surface area contributed by atoms with Crippen LogP contribution in [0.25, 0.3) is 0 Å². The number of thioether (sulfide) groups is 1. The van der Waals surface area contributed by atoms with Crippen LogP contribution in [-0.4, -0.2) is 12.9 Å². The molecule has 0 bridgehead atoms. The van der Waals surface area contributed by atoms with Crippen LogP contribution < -0.4 is 4.74 Å². The largest absolute Gasteiger partial charge is 0.489 e. The Kier molecular flexibility index (Phi) is 6.18. The van der Waals surface area contributed by atoms with Gasteiger partial charge in [0.25, 0.3) is 0 Å². The Bertz CT molecular complexity index is 385. The third-order valence-corrected chi connectivity index (χ3v) is 3.54. The number of halogens is 4. The maximum atomic E-state index is 13.5. The molecule has 6 heteroatoms. The summed E-state index contributed by atoms with van der Waals surface area (Å²) in [4.78, 5) is 0.436. The van der Waals surface area contributed by atoms with Crippen LogP contribution in [0.5, 0.6) is 5.75 Å². The van der Waals surface area contributed by atoms with Gasteiger partial charge in [0, 0.05) is 12.1 Å². The summed E-state index contributed by atoms with van der Waals surface area (Å²) in [6.07, 6.45) is 3.53. The monoisotopic (exact) mass is 388 g/mol. The highest BCUT2D eigenvalue weighted by Gasteiger charge is 2.09. The predicted octanol–water partition coefficient (Wildman–Crippen LogP) is 5.21. The van der Waals surface area contributed by atoms with Gasteiger partial charge in [-0.3, -0.25) is 0 Å². The van der Waals surface area contributed by atoms with Gasteiger partial charge in [-0.05, 0) is 44.2 Å². The molecule has 0 unspecified atom stereocenters. The molecule has 88 valence electrons. The van der Waals surface area contributed by atoms with Gasteiger partial charge in [-0.15, -0.1) is 11.8 Å². The third-order valence-electron chi connectivity index (χ3n) is 1.66. The molecule has 0 saturated carbocycles. The minimum atomic E-state index is -0.364. The molecule has 0 aliphatic heterocycles. The van der Waals surface area contributed by atoms with Crippen molar-refractivity contribution in [1.29, 1.82) is 0 Å². The zero-order valence-electron chi connectivity index (χ0n) is 8.27. The van der Waals surface area contributed by atoms with E-state index in [0.29, 0.717) is 22.3 Å². The fourth-order valence-corrected chi connectivity index (χ4v) is 2.22. The van der Waals surface area contributed by atoms with Crippen LogP contribution in [0.1, 0.15) is 0 Å². The first-order chi connectivity index (χ1) is 7.54. The van der Waals surface area contributed by atoms with Crippen LogP contribution in [0, 0.1) is 5.82 Å². The summed E-state index contributed by atoms with van der Waals surface area (Å²) < 4.78 is 19.6. The van der Waals surface area contributed by atoms with Crippen molar-refractivity contribution < 1.29 is 9.13 Å². The summed E-state index contributed by atoms with van der Waals surface area (Å²) in [5.74, 6) is 0.0506. The lowest BCUT2D eigenvalue weighted by Gasteiger charge is -2.07. The Labute approximate surface area is 120 Å². The van der Waals surface area contributed by atoms with E-state index in [1.54, 1.807) is 18.4 Å². The number of rotatable bonds is 4. The fourth-order valence-electron chi connectivity index (χ4n) is 1.02. The number of hydrogen-bond donors (Lipinski definition) is 0. The molecule has 16 heavy (non-hydrogen) atoms. The van der Waals surface area contributed by atoms with Crippen molar-refractivity contribution in [2.24, 2.45) is 0 Å². The quantitative estimate of drug-likeness (QED) is 0.653. The highest BCUT2D eigenvalue weighted by Crippen LogP contribution is 2.32. The maximum absolute atomic E-state index is 13.5. The van der Waals surface area contributed by atoms with Gasteiger partial charge >= 0.3 is 0 Å². The molecule has 1 nitrogen and oxygen atoms in total. The van der Waals surface area contributed by atoms with E-state index in [-0.39, 0.29) is 5.82 Å². The summed E-state index contributed by atoms with van der Waals surface area (Å²) >= 11 is 13.6. The van der Waals surface area contributed by atoms with E-state index in [9.17, 15) is 4.39 Å². The van der Waals surface area contributed by atoms with Crippen molar-refractivity contribution in [3.8, 4) is 5.75 Å². The predicted molar refractivity (Wildman–Crippen MR) is 74.6 cm³/mol. The third kappa shape index (κ3) is 4.28. The Balaban J connectivity index is 2.80. The summed E-state index contributed by atoms with van der Waals surface area (Å²) in [5.41, 5.74) is 0. The summed E-state index contributed by atoms with van der Waals surface area (Å²) in [5, 5.41) is 0.365. The fraction of sp³-hybridized carbons (Fsp3) is 0.200. The minimum Gasteiger partial charge on any atom is -0.489 e. The van der Waals surface area contributed by atoms with Crippen molar-refractivity contribution in [3.05, 3.63) is 32.4 Å². The standard InChI is InChI=1S/C10H8Br2ClFOS/c1-16-10-7(13)4-6(5-8(10)14)15-3-2-9(11)12/h2,4-5H,3H2,1H3. The van der Waals surface area contributed by atoms with Crippen LogP contribution in [0.4, 0.5) is 4.39 Å². The highest BCUT2D eigenvalue weighted by molar-refractivity contribution is 9.28. The first kappa shape index (κ1) is 14.4. The van der Waals surface area contributed by atoms with E-state index in [4.69, 9.17) is 16.3 Å². The Morgan fingerprint density at radius 1 is 1.56 bits per heavy atom. The number of ether oxygens (including phenoxy) is 1. The van der Waals surface area contributed by atoms with Gasteiger partial charge in [0.05, 0.1) is 13.3 Å². The molecule has 0 N–H and O–H groups in total. The molecule has 0 aliphatic carbocycles. The van der Waals surface area contributed by atoms with E-state index in [1.807, 2.05) is 0 Å². The lowest BCUT2D eigenvalue weighted by Crippen LogP contribution is -1.95. The second-order valence-corrected chi connectivity index (χ2v) is 6.72. The van der Waals surface area contributed by atoms with Gasteiger partial charge in [-0.1, -0.05) is 11.6 Å². The lowest BCUT2D eigenvalue weighted by atomic mass is 10.3. The number of hydrogen-bond acceptors (Lipinski definition) is 2. The Morgan fingerprint density at radius 2 is 2.25 bits per heavy atom. The molecule has 0 atom stereocenters. The Hall–Kier alpha value is 0.290. The zero-order valence-corrected chi connectivity index (χ0v) is 13.0. The van der Waals surface area contributed by atoms with Crippen LogP contribution in [-0.2, 0) is 0 Å². The van der Waals surface area contributed by atoms with E-state index in [0.717, 1.165) is 3.39 Å². The Morgan fingerprint density at radius 3 is 2.75 bits per heavy atom. The van der Waals surface area contributed by atoms with Crippen LogP contribution in [0.3, 0.4) is 0 Å². The summed E-state index contributed by atoms with van der Waals surface area (Å²) in [6.45, 7) is 0.334. The normalized spacial score (nSPS) is 10.1. The van der Waals surface area contributed by atoms with Gasteiger partial charge in [-0.25, -0.2) is 4.39 Å². The average molecular weight is 390 g/mol. The molecular formula is C10H8Br2ClFOS. The highest BCUT2D eigenvalue weighted by atomic mass is 79.9. The van der Waals surface area contributed by atoms with Gasteiger partial charge in [0.2, 0.25) is 0 Å². The van der Waals surface area contributed by atoms with Gasteiger partial charge in [0.1, 0.15) is 18.2 Å². The second kappa shape index (κ2) is 6.89. The molecular weight excluding hydrogens is 382 g/mol. The molecule has 0 spiro atoms. The molecule has 0 aromatic heterocycles. The van der Waals surface area contributed by atoms with Gasteiger partial charge in [0.15, 0.2) is 0 Å². The average Bonchev–Trinajstić information content (AvgIpc) is 2.16. The van der Waals surface area contributed by atoms with Crippen molar-refractivity contribution in [2.75, 3.05) is 12.9 Å². The lowest BCUT2D eigenvalue weighted by molar-refractivity contribution is 0.360. The first-order valence-corrected chi connectivity index (χ1v) is 7.40. The van der Waals surface area contributed by atoms with Crippen LogP contribution in [0.2, 0.25) is 5.02 Å². The summed E-state index contributed by atoms with van der Waals surface area (Å²) in [7, 11) is 0. The van der Waals surface area contributed by atoms with E-state index in [1.165, 1.54) is 17.8 Å². The van der Waals surface area contributed by atoms with Gasteiger partial charge in [-0.2, -0.15) is 0 Å². The van der Waals surface area contributed by atoms with Gasteiger partial charge < -0.3 is 4.74 Å². The maximum Gasteiger partial charge on any atom is 0.141 e. The smallest absolute Gasteiger partial charge is 0.141 e. The minimum absolute atomic E-state index is 0.334. The molecule has 1 aromatic carbocycles. The molecule has 1 rings (SSSR count). The van der Waals surface area contributed by atoms with Crippen LogP contribution >= 0.6 is 55.2 Å². The first-order valence-electron chi connectivity index (χ1n) is 4.21. The molecule has 0 radical (unpaired) electrons. The van der Waals surface area contributed by atoms with E-state index in [2.05, 4.69) is 31.9 Å². The molecule has 0 amide bonds. The van der Waals surface area contributed by atoms with E-state index >= 15 is 0 Å². The van der Waals surface area contributed by atoms with Crippen molar-refractivity contribution in [3.63, 3.8) is 0 Å². The second-order valence-electron chi connectivity index (χ2n) is 2.72. The molecule has 0 saturated heterocycles. The molecule has 0 aliphatic rings. The molecule has 1 aromatic rings. The zero-order chi connectivity index (χ0) is 12.1. The van der Waals surface area contributed by atoms with E-state index < -0.39 is 0 Å². The number of benzene rings is 1. The topological polar surface area (TPSA) is 9.23 Å². The van der Waals surface area contributed by atoms with Crippen molar-refractivity contribution in [1.82, 2.24) is 0 Å². The van der Waals surface area contributed by atoms with Crippen molar-refractivity contribution in [2.45, 2.75) is 4.90 Å². The summed E-state index contributed by atoms with van der Waals surface area (Å²) in [6, 6.07) is 2.93. The van der Waals surface area contributed by atoms with Crippen molar-refractivity contribution >= 4 is 55.2 Å². The van der Waals surface area contributed by atoms with Crippen LogP contribution in [0.15, 0.2) is 26.5 Å².